The number of rotatable bonds is 3. The summed E-state index contributed by atoms with van der Waals surface area (Å²) in [5.74, 6) is 0. The van der Waals surface area contributed by atoms with Gasteiger partial charge in [-0.15, -0.1) is 0 Å². The molecule has 1 aromatic rings. The van der Waals surface area contributed by atoms with E-state index in [2.05, 4.69) is 14.6 Å². The number of nitrogens with zero attached hydrogens (tertiary/aromatic N) is 1. The van der Waals surface area contributed by atoms with Gasteiger partial charge in [-0.25, -0.2) is 13.1 Å². The lowest BCUT2D eigenvalue weighted by Crippen LogP contribution is -2.47. The highest BCUT2D eigenvalue weighted by atomic mass is 32.2. The highest BCUT2D eigenvalue weighted by molar-refractivity contribution is 7.89. The quantitative estimate of drug-likeness (QED) is 0.839. The molecule has 2 aliphatic rings. The average molecular weight is 297 g/mol. The van der Waals surface area contributed by atoms with Crippen LogP contribution < -0.4 is 10.2 Å². The first-order valence-electron chi connectivity index (χ1n) is 7.00. The maximum absolute atomic E-state index is 12.3. The van der Waals surface area contributed by atoms with E-state index in [0.29, 0.717) is 6.04 Å². The van der Waals surface area contributed by atoms with Crippen molar-refractivity contribution in [1.29, 1.82) is 0 Å². The third-order valence-corrected chi connectivity index (χ3v) is 5.76. The van der Waals surface area contributed by atoms with E-state index in [4.69, 9.17) is 0 Å². The molecule has 2 aliphatic heterocycles. The second kappa shape index (κ2) is 5.31. The van der Waals surface area contributed by atoms with Crippen molar-refractivity contribution in [2.24, 2.45) is 0 Å². The number of fused-ring (bicyclic) bond motifs is 1. The first-order chi connectivity index (χ1) is 9.56. The fourth-order valence-corrected chi connectivity index (χ4v) is 4.56. The van der Waals surface area contributed by atoms with Gasteiger partial charge in [0.15, 0.2) is 0 Å². The van der Waals surface area contributed by atoms with Gasteiger partial charge in [-0.05, 0) is 38.8 Å². The van der Waals surface area contributed by atoms with Gasteiger partial charge in [0.1, 0.15) is 4.90 Å². The molecule has 6 nitrogen and oxygen atoms in total. The van der Waals surface area contributed by atoms with Crippen LogP contribution in [-0.2, 0) is 10.0 Å². The monoisotopic (exact) mass is 297 g/mol. The van der Waals surface area contributed by atoms with Gasteiger partial charge in [0.05, 0.1) is 0 Å². The number of pyridine rings is 1. The number of piperidine rings is 1. The molecule has 1 aromatic heterocycles. The summed E-state index contributed by atoms with van der Waals surface area (Å²) in [5, 5.41) is 0. The predicted molar refractivity (Wildman–Crippen MR) is 75.0 cm³/mol. The lowest BCUT2D eigenvalue weighted by molar-refractivity contribution is 0.176. The molecule has 2 unspecified atom stereocenters. The Kier molecular flexibility index (Phi) is 3.66. The Morgan fingerprint density at radius 2 is 2.15 bits per heavy atom. The van der Waals surface area contributed by atoms with Crippen molar-refractivity contribution in [1.82, 2.24) is 14.6 Å². The highest BCUT2D eigenvalue weighted by Crippen LogP contribution is 2.27. The Hall–Kier alpha value is -1.18. The molecule has 0 aromatic carbocycles. The zero-order chi connectivity index (χ0) is 14.2. The Morgan fingerprint density at radius 1 is 1.30 bits per heavy atom. The summed E-state index contributed by atoms with van der Waals surface area (Å²) in [6, 6.07) is 1.65. The molecule has 0 radical (unpaired) electrons. The first kappa shape index (κ1) is 13.8. The van der Waals surface area contributed by atoms with Gasteiger partial charge in [-0.1, -0.05) is 0 Å². The van der Waals surface area contributed by atoms with Crippen LogP contribution in [0.15, 0.2) is 28.2 Å². The lowest BCUT2D eigenvalue weighted by Gasteiger charge is -2.34. The third-order valence-electron chi connectivity index (χ3n) is 4.22. The van der Waals surface area contributed by atoms with Crippen molar-refractivity contribution in [3.05, 3.63) is 28.7 Å². The van der Waals surface area contributed by atoms with E-state index in [1.807, 2.05) is 0 Å². The number of nitrogens with one attached hydrogen (secondary N) is 2. The molecular formula is C13H19N3O3S. The van der Waals surface area contributed by atoms with E-state index < -0.39 is 15.5 Å². The van der Waals surface area contributed by atoms with E-state index >= 15 is 0 Å². The van der Waals surface area contributed by atoms with Crippen LogP contribution in [0.1, 0.15) is 25.7 Å². The SMILES string of the molecule is O=c1cc[nH]cc1S(=O)(=O)NC1CCN2CCCC2C1. The summed E-state index contributed by atoms with van der Waals surface area (Å²) in [5.41, 5.74) is -0.477. The molecule has 0 aliphatic carbocycles. The second-order valence-electron chi connectivity index (χ2n) is 5.55. The standard InChI is InChI=1S/C13H19N3O3S/c17-12-3-5-14-9-13(12)20(18,19)15-10-4-7-16-6-1-2-11(16)8-10/h3,5,9-11,15H,1-2,4,6-8H2,(H,14,17). The maximum atomic E-state index is 12.3. The number of sulfonamides is 1. The summed E-state index contributed by atoms with van der Waals surface area (Å²) >= 11 is 0. The van der Waals surface area contributed by atoms with Crippen LogP contribution in [0.3, 0.4) is 0 Å². The van der Waals surface area contributed by atoms with E-state index in [0.717, 1.165) is 32.4 Å². The number of hydrogen-bond donors (Lipinski definition) is 2. The maximum Gasteiger partial charge on any atom is 0.246 e. The molecule has 0 bridgehead atoms. The molecule has 0 saturated carbocycles. The fourth-order valence-electron chi connectivity index (χ4n) is 3.23. The summed E-state index contributed by atoms with van der Waals surface area (Å²) in [4.78, 5) is 16.5. The molecule has 110 valence electrons. The van der Waals surface area contributed by atoms with Gasteiger partial charge in [-0.3, -0.25) is 4.79 Å². The van der Waals surface area contributed by atoms with Crippen LogP contribution in [-0.4, -0.2) is 43.5 Å². The van der Waals surface area contributed by atoms with Crippen molar-refractivity contribution in [3.63, 3.8) is 0 Å². The van der Waals surface area contributed by atoms with Crippen LogP contribution in [0, 0.1) is 0 Å². The van der Waals surface area contributed by atoms with E-state index in [9.17, 15) is 13.2 Å². The molecule has 0 amide bonds. The van der Waals surface area contributed by atoms with Crippen LogP contribution in [0.4, 0.5) is 0 Å². The Bertz CT molecular complexity index is 640. The zero-order valence-corrected chi connectivity index (χ0v) is 12.0. The van der Waals surface area contributed by atoms with Gasteiger partial charge >= 0.3 is 0 Å². The smallest absolute Gasteiger partial charge is 0.246 e. The molecule has 2 N–H and O–H groups in total. The number of H-pyrrole nitrogens is 1. The second-order valence-corrected chi connectivity index (χ2v) is 7.23. The number of aromatic amines is 1. The predicted octanol–water partition coefficient (Wildman–Crippen LogP) is 0.280. The fraction of sp³-hybridized carbons (Fsp3) is 0.615. The van der Waals surface area contributed by atoms with Gasteiger partial charge in [0.2, 0.25) is 15.5 Å². The van der Waals surface area contributed by atoms with Crippen molar-refractivity contribution in [2.45, 2.75) is 42.7 Å². The zero-order valence-electron chi connectivity index (χ0n) is 11.2. The van der Waals surface area contributed by atoms with E-state index in [1.54, 1.807) is 0 Å². The molecule has 3 heterocycles. The van der Waals surface area contributed by atoms with Crippen LogP contribution in [0.25, 0.3) is 0 Å². The van der Waals surface area contributed by atoms with Crippen LogP contribution in [0.5, 0.6) is 0 Å². The van der Waals surface area contributed by atoms with Gasteiger partial charge in [0, 0.05) is 30.5 Å². The van der Waals surface area contributed by atoms with Crippen LogP contribution >= 0.6 is 0 Å². The Labute approximate surface area is 118 Å². The van der Waals surface area contributed by atoms with Crippen molar-refractivity contribution >= 4 is 10.0 Å². The molecule has 20 heavy (non-hydrogen) atoms. The molecular weight excluding hydrogens is 278 g/mol. The topological polar surface area (TPSA) is 82.3 Å². The highest BCUT2D eigenvalue weighted by Gasteiger charge is 2.33. The van der Waals surface area contributed by atoms with Gasteiger partial charge in [-0.2, -0.15) is 0 Å². The minimum Gasteiger partial charge on any atom is -0.366 e. The molecule has 7 heteroatoms. The summed E-state index contributed by atoms with van der Waals surface area (Å²) in [6.45, 7) is 2.06. The molecule has 3 rings (SSSR count). The molecule has 2 atom stereocenters. The third kappa shape index (κ3) is 2.65. The van der Waals surface area contributed by atoms with Gasteiger partial charge < -0.3 is 9.88 Å². The molecule has 0 spiro atoms. The number of aromatic nitrogens is 1. The number of hydrogen-bond acceptors (Lipinski definition) is 4. The summed E-state index contributed by atoms with van der Waals surface area (Å²) in [7, 11) is -3.73. The molecule has 2 saturated heterocycles. The molecule has 2 fully saturated rings. The van der Waals surface area contributed by atoms with E-state index in [-0.39, 0.29) is 10.9 Å². The van der Waals surface area contributed by atoms with E-state index in [1.165, 1.54) is 24.9 Å². The van der Waals surface area contributed by atoms with Crippen molar-refractivity contribution < 1.29 is 8.42 Å². The van der Waals surface area contributed by atoms with Crippen LogP contribution in [0.2, 0.25) is 0 Å². The first-order valence-corrected chi connectivity index (χ1v) is 8.48. The van der Waals surface area contributed by atoms with Crippen molar-refractivity contribution in [3.8, 4) is 0 Å². The van der Waals surface area contributed by atoms with Gasteiger partial charge in [0.25, 0.3) is 0 Å². The summed E-state index contributed by atoms with van der Waals surface area (Å²) < 4.78 is 27.2. The summed E-state index contributed by atoms with van der Waals surface area (Å²) in [6.07, 6.45) is 6.66. The normalized spacial score (nSPS) is 27.4. The largest absolute Gasteiger partial charge is 0.366 e. The Balaban J connectivity index is 1.74. The minimum atomic E-state index is -3.73. The average Bonchev–Trinajstić information content (AvgIpc) is 2.86. The lowest BCUT2D eigenvalue weighted by atomic mass is 9.99. The minimum absolute atomic E-state index is 0.0704. The van der Waals surface area contributed by atoms with Crippen molar-refractivity contribution in [2.75, 3.05) is 13.1 Å². The Morgan fingerprint density at radius 3 is 2.95 bits per heavy atom.